The van der Waals surface area contributed by atoms with Crippen molar-refractivity contribution in [3.8, 4) is 0 Å². The van der Waals surface area contributed by atoms with E-state index in [2.05, 4.69) is 5.32 Å². The molecular weight excluding hydrogens is 162 g/mol. The molecule has 0 aliphatic carbocycles. The number of carbonyl (C=O) groups is 1. The molecule has 0 saturated carbocycles. The number of hydrogen-bond acceptors (Lipinski definition) is 3. The van der Waals surface area contributed by atoms with Crippen LogP contribution in [0.15, 0.2) is 0 Å². The lowest BCUT2D eigenvalue weighted by molar-refractivity contribution is -0.138. The van der Waals surface area contributed by atoms with E-state index in [-0.39, 0.29) is 18.4 Å². The third-order valence-electron chi connectivity index (χ3n) is 1.01. The average molecular weight is 170 g/mol. The molecule has 54 valence electrons. The third kappa shape index (κ3) is 2.43. The van der Waals surface area contributed by atoms with Gasteiger partial charge in [-0.3, -0.25) is 10.1 Å². The number of carboxylic acid groups (broad SMARTS) is 1. The molecule has 1 rings (SSSR count). The van der Waals surface area contributed by atoms with Crippen LogP contribution < -0.4 is 5.32 Å². The SMILES string of the molecule is Cl.O=C(O)[C@H]1CSCN1. The molecule has 0 bridgehead atoms. The normalized spacial score (nSPS) is 25.1. The van der Waals surface area contributed by atoms with Crippen LogP contribution in [0, 0.1) is 0 Å². The second kappa shape index (κ2) is 3.98. The quantitative estimate of drug-likeness (QED) is 0.587. The molecule has 1 saturated heterocycles. The smallest absolute Gasteiger partial charge is 0.321 e. The maximum absolute atomic E-state index is 10.1. The summed E-state index contributed by atoms with van der Waals surface area (Å²) >= 11 is 1.62. The summed E-state index contributed by atoms with van der Waals surface area (Å²) in [5.41, 5.74) is 0. The van der Waals surface area contributed by atoms with E-state index >= 15 is 0 Å². The van der Waals surface area contributed by atoms with E-state index in [4.69, 9.17) is 5.11 Å². The Labute approximate surface area is 63.6 Å². The summed E-state index contributed by atoms with van der Waals surface area (Å²) < 4.78 is 0. The predicted octanol–water partition coefficient (Wildman–Crippen LogP) is 0.155. The molecule has 0 spiro atoms. The van der Waals surface area contributed by atoms with Gasteiger partial charge < -0.3 is 5.11 Å². The zero-order valence-electron chi connectivity index (χ0n) is 4.66. The summed E-state index contributed by atoms with van der Waals surface area (Å²) in [5.74, 6) is 0.738. The molecular formula is C4H8ClNO2S. The van der Waals surface area contributed by atoms with Gasteiger partial charge in [-0.05, 0) is 0 Å². The summed E-state index contributed by atoms with van der Waals surface area (Å²) in [7, 11) is 0. The Morgan fingerprint density at radius 1 is 1.78 bits per heavy atom. The highest BCUT2D eigenvalue weighted by Crippen LogP contribution is 2.08. The summed E-state index contributed by atoms with van der Waals surface area (Å²) in [6, 6.07) is -0.306. The van der Waals surface area contributed by atoms with Crippen LogP contribution in [0.5, 0.6) is 0 Å². The monoisotopic (exact) mass is 169 g/mol. The van der Waals surface area contributed by atoms with Gasteiger partial charge >= 0.3 is 5.97 Å². The topological polar surface area (TPSA) is 49.3 Å². The molecule has 1 fully saturated rings. The van der Waals surface area contributed by atoms with E-state index in [1.807, 2.05) is 0 Å². The zero-order valence-corrected chi connectivity index (χ0v) is 6.30. The van der Waals surface area contributed by atoms with Gasteiger partial charge in [0.15, 0.2) is 0 Å². The van der Waals surface area contributed by atoms with Gasteiger partial charge in [0.2, 0.25) is 0 Å². The lowest BCUT2D eigenvalue weighted by Gasteiger charge is -1.98. The summed E-state index contributed by atoms with van der Waals surface area (Å²) in [6.07, 6.45) is 0. The van der Waals surface area contributed by atoms with Gasteiger partial charge in [-0.2, -0.15) is 0 Å². The molecule has 1 heterocycles. The number of nitrogens with one attached hydrogen (secondary N) is 1. The van der Waals surface area contributed by atoms with Crippen LogP contribution in [-0.2, 0) is 4.79 Å². The summed E-state index contributed by atoms with van der Waals surface area (Å²) in [4.78, 5) is 10.1. The molecule has 5 heteroatoms. The van der Waals surface area contributed by atoms with Crippen LogP contribution >= 0.6 is 24.2 Å². The molecule has 1 aliphatic heterocycles. The molecule has 0 radical (unpaired) electrons. The Morgan fingerprint density at radius 2 is 2.44 bits per heavy atom. The van der Waals surface area contributed by atoms with Crippen molar-refractivity contribution in [2.45, 2.75) is 6.04 Å². The molecule has 0 aromatic rings. The predicted molar refractivity (Wildman–Crippen MR) is 39.1 cm³/mol. The minimum Gasteiger partial charge on any atom is -0.480 e. The van der Waals surface area contributed by atoms with Crippen molar-refractivity contribution in [2.75, 3.05) is 11.6 Å². The Hall–Kier alpha value is 0.0700. The van der Waals surface area contributed by atoms with E-state index in [9.17, 15) is 4.79 Å². The van der Waals surface area contributed by atoms with Crippen molar-refractivity contribution >= 4 is 30.1 Å². The van der Waals surface area contributed by atoms with Crippen LogP contribution in [0.4, 0.5) is 0 Å². The number of halogens is 1. The van der Waals surface area contributed by atoms with Gasteiger partial charge in [0.05, 0.1) is 0 Å². The van der Waals surface area contributed by atoms with E-state index in [1.165, 1.54) is 0 Å². The molecule has 0 amide bonds. The Morgan fingerprint density at radius 3 is 2.67 bits per heavy atom. The summed E-state index contributed by atoms with van der Waals surface area (Å²) in [5, 5.41) is 11.2. The highest BCUT2D eigenvalue weighted by Gasteiger charge is 2.20. The first-order valence-electron chi connectivity index (χ1n) is 2.34. The Bertz CT molecular complexity index is 105. The fourth-order valence-electron chi connectivity index (χ4n) is 0.554. The largest absolute Gasteiger partial charge is 0.480 e. The van der Waals surface area contributed by atoms with E-state index in [1.54, 1.807) is 11.8 Å². The number of aliphatic carboxylic acids is 1. The van der Waals surface area contributed by atoms with Gasteiger partial charge in [0, 0.05) is 11.6 Å². The number of hydrogen-bond donors (Lipinski definition) is 2. The van der Waals surface area contributed by atoms with Crippen LogP contribution in [0.25, 0.3) is 0 Å². The van der Waals surface area contributed by atoms with Crippen molar-refractivity contribution in [1.82, 2.24) is 5.32 Å². The standard InChI is InChI=1S/C4H7NO2S.ClH/c6-4(7)3-1-8-2-5-3;/h3,5H,1-2H2,(H,6,7);1H/t3-;/m1./s1. The fourth-order valence-corrected chi connectivity index (χ4v) is 1.49. The zero-order chi connectivity index (χ0) is 5.98. The van der Waals surface area contributed by atoms with Crippen molar-refractivity contribution < 1.29 is 9.90 Å². The highest BCUT2D eigenvalue weighted by molar-refractivity contribution is 7.99. The van der Waals surface area contributed by atoms with Gasteiger partial charge in [0.1, 0.15) is 6.04 Å². The Balaban J connectivity index is 0.000000640. The molecule has 0 aromatic heterocycles. The molecule has 2 N–H and O–H groups in total. The third-order valence-corrected chi connectivity index (χ3v) is 1.95. The first kappa shape index (κ1) is 9.07. The second-order valence-corrected chi connectivity index (χ2v) is 2.64. The van der Waals surface area contributed by atoms with Crippen LogP contribution in [0.3, 0.4) is 0 Å². The van der Waals surface area contributed by atoms with Crippen molar-refractivity contribution in [1.29, 1.82) is 0 Å². The maximum Gasteiger partial charge on any atom is 0.321 e. The molecule has 9 heavy (non-hydrogen) atoms. The van der Waals surface area contributed by atoms with Gasteiger partial charge in [0.25, 0.3) is 0 Å². The molecule has 1 atom stereocenters. The van der Waals surface area contributed by atoms with Crippen LogP contribution in [0.2, 0.25) is 0 Å². The Kier molecular flexibility index (Phi) is 4.01. The molecule has 1 aliphatic rings. The first-order valence-corrected chi connectivity index (χ1v) is 3.50. The number of thioether (sulfide) groups is 1. The fraction of sp³-hybridized carbons (Fsp3) is 0.750. The lowest BCUT2D eigenvalue weighted by Crippen LogP contribution is -2.32. The minimum atomic E-state index is -0.741. The van der Waals surface area contributed by atoms with Gasteiger partial charge in [-0.15, -0.1) is 24.2 Å². The van der Waals surface area contributed by atoms with Crippen molar-refractivity contribution in [3.63, 3.8) is 0 Å². The van der Waals surface area contributed by atoms with Gasteiger partial charge in [-0.25, -0.2) is 0 Å². The van der Waals surface area contributed by atoms with Gasteiger partial charge in [-0.1, -0.05) is 0 Å². The number of rotatable bonds is 1. The van der Waals surface area contributed by atoms with E-state index in [0.717, 1.165) is 5.88 Å². The average Bonchev–Trinajstić information content (AvgIpc) is 2.12. The number of carboxylic acids is 1. The van der Waals surface area contributed by atoms with Crippen molar-refractivity contribution in [2.24, 2.45) is 0 Å². The van der Waals surface area contributed by atoms with Crippen LogP contribution in [0.1, 0.15) is 0 Å². The molecule has 0 aromatic carbocycles. The summed E-state index contributed by atoms with van der Waals surface area (Å²) in [6.45, 7) is 0. The minimum absolute atomic E-state index is 0. The lowest BCUT2D eigenvalue weighted by atomic mass is 10.4. The maximum atomic E-state index is 10.1. The highest BCUT2D eigenvalue weighted by atomic mass is 35.5. The second-order valence-electron chi connectivity index (χ2n) is 1.61. The molecule has 0 unspecified atom stereocenters. The molecule has 3 nitrogen and oxygen atoms in total. The van der Waals surface area contributed by atoms with Crippen molar-refractivity contribution in [3.05, 3.63) is 0 Å². The van der Waals surface area contributed by atoms with Crippen LogP contribution in [-0.4, -0.2) is 28.7 Å². The van der Waals surface area contributed by atoms with E-state index in [0.29, 0.717) is 5.75 Å². The first-order chi connectivity index (χ1) is 3.80. The van der Waals surface area contributed by atoms with E-state index < -0.39 is 5.97 Å².